The van der Waals surface area contributed by atoms with Gasteiger partial charge in [0, 0.05) is 52.7 Å². The SMILES string of the molecule is COCCc1nc(CCN2CCN(C)CC2)n(CC(F)(F)F)n1. The van der Waals surface area contributed by atoms with Gasteiger partial charge in [-0.15, -0.1) is 0 Å². The highest BCUT2D eigenvalue weighted by Crippen LogP contribution is 2.18. The van der Waals surface area contributed by atoms with Gasteiger partial charge in [-0.3, -0.25) is 0 Å². The van der Waals surface area contributed by atoms with Crippen LogP contribution in [-0.2, 0) is 24.1 Å². The monoisotopic (exact) mass is 335 g/mol. The number of nitrogens with zero attached hydrogens (tertiary/aromatic N) is 5. The third-order valence-corrected chi connectivity index (χ3v) is 3.90. The van der Waals surface area contributed by atoms with Gasteiger partial charge < -0.3 is 14.5 Å². The molecule has 0 aromatic carbocycles. The third kappa shape index (κ3) is 6.08. The van der Waals surface area contributed by atoms with Gasteiger partial charge in [0.15, 0.2) is 5.82 Å². The van der Waals surface area contributed by atoms with Crippen LogP contribution < -0.4 is 0 Å². The zero-order valence-corrected chi connectivity index (χ0v) is 13.6. The molecule has 0 amide bonds. The minimum Gasteiger partial charge on any atom is -0.384 e. The number of likely N-dealkylation sites (N-methyl/N-ethyl adjacent to an activating group) is 1. The van der Waals surface area contributed by atoms with Crippen LogP contribution in [0, 0.1) is 0 Å². The van der Waals surface area contributed by atoms with Crippen molar-refractivity contribution in [3.05, 3.63) is 11.6 Å². The van der Waals surface area contributed by atoms with E-state index in [1.165, 1.54) is 0 Å². The molecular weight excluding hydrogens is 311 g/mol. The summed E-state index contributed by atoms with van der Waals surface area (Å²) in [6, 6.07) is 0. The lowest BCUT2D eigenvalue weighted by Gasteiger charge is -2.32. The Kier molecular flexibility index (Phi) is 6.37. The van der Waals surface area contributed by atoms with Crippen LogP contribution in [0.4, 0.5) is 13.2 Å². The number of aromatic nitrogens is 3. The van der Waals surface area contributed by atoms with Gasteiger partial charge in [-0.1, -0.05) is 0 Å². The van der Waals surface area contributed by atoms with Gasteiger partial charge in [0.1, 0.15) is 12.4 Å². The molecule has 0 spiro atoms. The maximum Gasteiger partial charge on any atom is 0.408 e. The predicted molar refractivity (Wildman–Crippen MR) is 79.3 cm³/mol. The van der Waals surface area contributed by atoms with Crippen LogP contribution in [0.1, 0.15) is 11.6 Å². The molecule has 1 aromatic heterocycles. The van der Waals surface area contributed by atoms with E-state index in [4.69, 9.17) is 4.74 Å². The van der Waals surface area contributed by atoms with Gasteiger partial charge in [0.2, 0.25) is 0 Å². The Morgan fingerprint density at radius 3 is 2.43 bits per heavy atom. The van der Waals surface area contributed by atoms with Crippen LogP contribution in [0.15, 0.2) is 0 Å². The van der Waals surface area contributed by atoms with E-state index in [-0.39, 0.29) is 0 Å². The van der Waals surface area contributed by atoms with Crippen molar-refractivity contribution in [3.63, 3.8) is 0 Å². The van der Waals surface area contributed by atoms with Gasteiger partial charge in [-0.05, 0) is 7.05 Å². The van der Waals surface area contributed by atoms with Crippen LogP contribution in [0.5, 0.6) is 0 Å². The number of methoxy groups -OCH3 is 1. The third-order valence-electron chi connectivity index (χ3n) is 3.90. The van der Waals surface area contributed by atoms with Gasteiger partial charge in [0.05, 0.1) is 6.61 Å². The van der Waals surface area contributed by atoms with Crippen LogP contribution in [-0.4, -0.2) is 84.2 Å². The van der Waals surface area contributed by atoms with Gasteiger partial charge in [0.25, 0.3) is 0 Å². The predicted octanol–water partition coefficient (Wildman–Crippen LogP) is 0.819. The molecule has 6 nitrogen and oxygen atoms in total. The molecule has 0 unspecified atom stereocenters. The maximum absolute atomic E-state index is 12.7. The summed E-state index contributed by atoms with van der Waals surface area (Å²) in [4.78, 5) is 8.76. The summed E-state index contributed by atoms with van der Waals surface area (Å²) in [5.74, 6) is 0.803. The molecule has 1 saturated heterocycles. The quantitative estimate of drug-likeness (QED) is 0.738. The summed E-state index contributed by atoms with van der Waals surface area (Å²) in [5.41, 5.74) is 0. The first-order valence-corrected chi connectivity index (χ1v) is 7.76. The molecule has 0 atom stereocenters. The smallest absolute Gasteiger partial charge is 0.384 e. The molecule has 0 saturated carbocycles. The Labute approximate surface area is 134 Å². The molecule has 23 heavy (non-hydrogen) atoms. The molecule has 0 radical (unpaired) electrons. The zero-order valence-electron chi connectivity index (χ0n) is 13.6. The summed E-state index contributed by atoms with van der Waals surface area (Å²) in [7, 11) is 3.61. The van der Waals surface area contributed by atoms with E-state index in [1.54, 1.807) is 7.11 Å². The van der Waals surface area contributed by atoms with Gasteiger partial charge in [-0.25, -0.2) is 9.67 Å². The fraction of sp³-hybridized carbons (Fsp3) is 0.857. The number of alkyl halides is 3. The molecule has 132 valence electrons. The first kappa shape index (κ1) is 18.2. The van der Waals surface area contributed by atoms with Crippen molar-refractivity contribution in [1.82, 2.24) is 24.6 Å². The zero-order chi connectivity index (χ0) is 16.9. The number of ether oxygens (including phenoxy) is 1. The van der Waals surface area contributed by atoms with Crippen molar-refractivity contribution >= 4 is 0 Å². The average molecular weight is 335 g/mol. The normalized spacial score (nSPS) is 17.8. The summed E-state index contributed by atoms with van der Waals surface area (Å²) >= 11 is 0. The lowest BCUT2D eigenvalue weighted by molar-refractivity contribution is -0.143. The Bertz CT molecular complexity index is 483. The summed E-state index contributed by atoms with van der Waals surface area (Å²) in [5, 5.41) is 3.99. The van der Waals surface area contributed by atoms with E-state index in [2.05, 4.69) is 26.9 Å². The van der Waals surface area contributed by atoms with Crippen molar-refractivity contribution in [3.8, 4) is 0 Å². The Morgan fingerprint density at radius 1 is 1.13 bits per heavy atom. The topological polar surface area (TPSA) is 46.4 Å². The fourth-order valence-electron chi connectivity index (χ4n) is 2.54. The highest BCUT2D eigenvalue weighted by Gasteiger charge is 2.30. The van der Waals surface area contributed by atoms with Crippen molar-refractivity contribution in [2.75, 3.05) is 53.5 Å². The molecule has 0 N–H and O–H groups in total. The highest BCUT2D eigenvalue weighted by molar-refractivity contribution is 4.95. The molecule has 1 aliphatic rings. The maximum atomic E-state index is 12.7. The molecule has 1 fully saturated rings. The Hall–Kier alpha value is -1.19. The number of halogens is 3. The fourth-order valence-corrected chi connectivity index (χ4v) is 2.54. The lowest BCUT2D eigenvalue weighted by Crippen LogP contribution is -2.45. The van der Waals surface area contributed by atoms with Crippen LogP contribution in [0.2, 0.25) is 0 Å². The van der Waals surface area contributed by atoms with Crippen molar-refractivity contribution < 1.29 is 17.9 Å². The molecule has 2 heterocycles. The number of hydrogen-bond donors (Lipinski definition) is 0. The molecule has 2 rings (SSSR count). The number of hydrogen-bond acceptors (Lipinski definition) is 5. The van der Waals surface area contributed by atoms with E-state index in [1.807, 2.05) is 0 Å². The molecule has 0 bridgehead atoms. The van der Waals surface area contributed by atoms with Crippen LogP contribution >= 0.6 is 0 Å². The van der Waals surface area contributed by atoms with Gasteiger partial charge in [-0.2, -0.15) is 18.3 Å². The van der Waals surface area contributed by atoms with Crippen molar-refractivity contribution in [1.29, 1.82) is 0 Å². The van der Waals surface area contributed by atoms with Crippen LogP contribution in [0.25, 0.3) is 0 Å². The first-order chi connectivity index (χ1) is 10.9. The largest absolute Gasteiger partial charge is 0.408 e. The Balaban J connectivity index is 1.98. The molecule has 1 aromatic rings. The molecule has 9 heteroatoms. The molecule has 1 aliphatic heterocycles. The molecular formula is C14H24F3N5O. The minimum atomic E-state index is -4.30. The minimum absolute atomic E-state index is 0.396. The van der Waals surface area contributed by atoms with Crippen molar-refractivity contribution in [2.24, 2.45) is 0 Å². The van der Waals surface area contributed by atoms with Gasteiger partial charge >= 0.3 is 6.18 Å². The average Bonchev–Trinajstić information content (AvgIpc) is 2.84. The highest BCUT2D eigenvalue weighted by atomic mass is 19.4. The standard InChI is InChI=1S/C14H24F3N5O/c1-20-6-8-21(9-7-20)5-3-13-18-12(4-10-23-2)19-22(13)11-14(15,16)17/h3-11H2,1-2H3. The second kappa shape index (κ2) is 8.07. The Morgan fingerprint density at radius 2 is 1.83 bits per heavy atom. The molecule has 0 aliphatic carbocycles. The van der Waals surface area contributed by atoms with Crippen molar-refractivity contribution in [2.45, 2.75) is 25.6 Å². The first-order valence-electron chi connectivity index (χ1n) is 7.76. The lowest BCUT2D eigenvalue weighted by atomic mass is 10.3. The van der Waals surface area contributed by atoms with E-state index < -0.39 is 12.7 Å². The van der Waals surface area contributed by atoms with E-state index in [0.29, 0.717) is 37.6 Å². The second-order valence-electron chi connectivity index (χ2n) is 5.85. The van der Waals surface area contributed by atoms with E-state index in [9.17, 15) is 13.2 Å². The second-order valence-corrected chi connectivity index (χ2v) is 5.85. The summed E-state index contributed by atoms with van der Waals surface area (Å²) in [6.07, 6.45) is -3.41. The van der Waals surface area contributed by atoms with E-state index >= 15 is 0 Å². The number of piperazine rings is 1. The van der Waals surface area contributed by atoms with Crippen LogP contribution in [0.3, 0.4) is 0 Å². The summed E-state index contributed by atoms with van der Waals surface area (Å²) < 4.78 is 44.0. The summed E-state index contributed by atoms with van der Waals surface area (Å²) in [6.45, 7) is 3.83. The number of rotatable bonds is 7. The van der Waals surface area contributed by atoms with E-state index in [0.717, 1.165) is 30.9 Å².